The molecule has 0 aliphatic carbocycles. The maximum atomic E-state index is 12.9. The first kappa shape index (κ1) is 24.1. The summed E-state index contributed by atoms with van der Waals surface area (Å²) in [6, 6.07) is 16.0. The van der Waals surface area contributed by atoms with Gasteiger partial charge in [-0.25, -0.2) is 4.98 Å². The number of fused-ring (bicyclic) bond motifs is 1. The first-order chi connectivity index (χ1) is 17.0. The van der Waals surface area contributed by atoms with E-state index >= 15 is 0 Å². The van der Waals surface area contributed by atoms with E-state index in [9.17, 15) is 9.59 Å². The van der Waals surface area contributed by atoms with Gasteiger partial charge in [-0.2, -0.15) is 0 Å². The average molecular weight is 475 g/mol. The van der Waals surface area contributed by atoms with Crippen molar-refractivity contribution in [3.05, 3.63) is 82.7 Å². The SMILES string of the molecule is COc1cc(C(=O)CCC(=O)c2ccc(OC)c(C3=NCc4ccccc43)n2)ccc1OCCO. The Kier molecular flexibility index (Phi) is 7.52. The van der Waals surface area contributed by atoms with E-state index in [2.05, 4.69) is 9.98 Å². The number of Topliss-reactive ketones (excluding diaryl/α,β-unsaturated/α-hetero) is 2. The molecular formula is C27H26N2O6. The van der Waals surface area contributed by atoms with Gasteiger partial charge in [0.25, 0.3) is 0 Å². The van der Waals surface area contributed by atoms with Crippen molar-refractivity contribution in [1.82, 2.24) is 4.98 Å². The molecule has 0 spiro atoms. The van der Waals surface area contributed by atoms with E-state index in [0.717, 1.165) is 11.1 Å². The van der Waals surface area contributed by atoms with Gasteiger partial charge in [0.15, 0.2) is 23.1 Å². The minimum absolute atomic E-state index is 0.00570. The molecule has 0 unspecified atom stereocenters. The van der Waals surface area contributed by atoms with Gasteiger partial charge < -0.3 is 19.3 Å². The summed E-state index contributed by atoms with van der Waals surface area (Å²) in [6.07, 6.45) is 0.0252. The van der Waals surface area contributed by atoms with Gasteiger partial charge in [-0.15, -0.1) is 0 Å². The molecule has 35 heavy (non-hydrogen) atoms. The molecule has 8 heteroatoms. The van der Waals surface area contributed by atoms with Gasteiger partial charge in [0.1, 0.15) is 23.7 Å². The summed E-state index contributed by atoms with van der Waals surface area (Å²) in [4.78, 5) is 34.8. The largest absolute Gasteiger partial charge is 0.494 e. The topological polar surface area (TPSA) is 107 Å². The minimum atomic E-state index is -0.246. The number of pyridine rings is 1. The van der Waals surface area contributed by atoms with Crippen LogP contribution in [0.5, 0.6) is 17.2 Å². The molecule has 0 saturated heterocycles. The van der Waals surface area contributed by atoms with Crippen LogP contribution < -0.4 is 14.2 Å². The molecular weight excluding hydrogens is 448 g/mol. The van der Waals surface area contributed by atoms with E-state index in [1.54, 1.807) is 37.4 Å². The summed E-state index contributed by atoms with van der Waals surface area (Å²) < 4.78 is 16.1. The standard InChI is InChI=1S/C27H26N2O6/c1-33-24-12-8-20(29-27(24)26-19-6-4-3-5-18(19)16-28-26)22(32)10-9-21(31)17-7-11-23(35-14-13-30)25(15-17)34-2/h3-8,11-12,15,30H,9-10,13-14,16H2,1-2H3. The third-order valence-corrected chi connectivity index (χ3v) is 5.68. The quantitative estimate of drug-likeness (QED) is 0.423. The number of methoxy groups -OCH3 is 2. The Hall–Kier alpha value is -4.04. The van der Waals surface area contributed by atoms with Gasteiger partial charge in [0, 0.05) is 24.0 Å². The molecule has 0 amide bonds. The number of aliphatic imine (C=N–C) groups is 1. The van der Waals surface area contributed by atoms with Crippen LogP contribution >= 0.6 is 0 Å². The Labute approximate surface area is 203 Å². The lowest BCUT2D eigenvalue weighted by molar-refractivity contribution is 0.0914. The molecule has 180 valence electrons. The second-order valence-electron chi connectivity index (χ2n) is 7.85. The predicted molar refractivity (Wildman–Crippen MR) is 130 cm³/mol. The van der Waals surface area contributed by atoms with E-state index < -0.39 is 0 Å². The molecule has 8 nitrogen and oxygen atoms in total. The summed E-state index contributed by atoms with van der Waals surface area (Å²) >= 11 is 0. The van der Waals surface area contributed by atoms with Crippen molar-refractivity contribution in [1.29, 1.82) is 0 Å². The molecule has 0 fully saturated rings. The highest BCUT2D eigenvalue weighted by atomic mass is 16.5. The number of rotatable bonds is 11. The zero-order valence-electron chi connectivity index (χ0n) is 19.6. The van der Waals surface area contributed by atoms with Crippen LogP contribution in [0, 0.1) is 0 Å². The zero-order valence-corrected chi connectivity index (χ0v) is 19.6. The number of hydrogen-bond acceptors (Lipinski definition) is 8. The van der Waals surface area contributed by atoms with Crippen LogP contribution in [0.1, 0.15) is 50.5 Å². The summed E-state index contributed by atoms with van der Waals surface area (Å²) in [6.45, 7) is 0.538. The average Bonchev–Trinajstić information content (AvgIpc) is 3.33. The van der Waals surface area contributed by atoms with Crippen molar-refractivity contribution in [3.63, 3.8) is 0 Å². The Bertz CT molecular complexity index is 1280. The zero-order chi connectivity index (χ0) is 24.8. The summed E-state index contributed by atoms with van der Waals surface area (Å²) in [7, 11) is 3.02. The third kappa shape index (κ3) is 5.22. The molecule has 0 saturated carbocycles. The summed E-state index contributed by atoms with van der Waals surface area (Å²) in [5, 5.41) is 8.93. The van der Waals surface area contributed by atoms with Crippen molar-refractivity contribution < 1.29 is 28.9 Å². The number of nitrogens with zero attached hydrogens (tertiary/aromatic N) is 2. The Morgan fingerprint density at radius 1 is 0.914 bits per heavy atom. The van der Waals surface area contributed by atoms with Crippen molar-refractivity contribution in [2.45, 2.75) is 19.4 Å². The number of aliphatic hydroxyl groups is 1. The Morgan fingerprint density at radius 2 is 1.66 bits per heavy atom. The maximum absolute atomic E-state index is 12.9. The number of carbonyl (C=O) groups excluding carboxylic acids is 2. The van der Waals surface area contributed by atoms with Crippen molar-refractivity contribution in [2.24, 2.45) is 4.99 Å². The van der Waals surface area contributed by atoms with Crippen LogP contribution in [0.15, 0.2) is 59.6 Å². The fraction of sp³-hybridized carbons (Fsp3) is 0.259. The predicted octanol–water partition coefficient (Wildman–Crippen LogP) is 3.67. The van der Waals surface area contributed by atoms with Crippen molar-refractivity contribution >= 4 is 17.3 Å². The number of aliphatic hydroxyl groups excluding tert-OH is 1. The normalized spacial score (nSPS) is 12.0. The van der Waals surface area contributed by atoms with Crippen LogP contribution in [0.3, 0.4) is 0 Å². The highest BCUT2D eigenvalue weighted by Gasteiger charge is 2.23. The highest BCUT2D eigenvalue weighted by Crippen LogP contribution is 2.29. The lowest BCUT2D eigenvalue weighted by atomic mass is 10.0. The first-order valence-electron chi connectivity index (χ1n) is 11.2. The van der Waals surface area contributed by atoms with Crippen LogP contribution in [-0.4, -0.2) is 54.8 Å². The Morgan fingerprint density at radius 3 is 2.43 bits per heavy atom. The van der Waals surface area contributed by atoms with E-state index in [1.165, 1.54) is 7.11 Å². The number of benzene rings is 2. The lowest BCUT2D eigenvalue weighted by Gasteiger charge is -2.11. The third-order valence-electron chi connectivity index (χ3n) is 5.68. The van der Waals surface area contributed by atoms with Crippen LogP contribution in [0.2, 0.25) is 0 Å². The van der Waals surface area contributed by atoms with E-state index in [1.807, 2.05) is 24.3 Å². The van der Waals surface area contributed by atoms with Gasteiger partial charge in [0.2, 0.25) is 0 Å². The molecule has 1 aliphatic rings. The summed E-state index contributed by atoms with van der Waals surface area (Å²) in [5.41, 5.74) is 3.93. The molecule has 1 aliphatic heterocycles. The molecule has 0 bridgehead atoms. The van der Waals surface area contributed by atoms with Crippen molar-refractivity contribution in [3.8, 4) is 17.2 Å². The number of ether oxygens (including phenoxy) is 3. The van der Waals surface area contributed by atoms with Gasteiger partial charge in [-0.1, -0.05) is 24.3 Å². The first-order valence-corrected chi connectivity index (χ1v) is 11.2. The van der Waals surface area contributed by atoms with Gasteiger partial charge >= 0.3 is 0 Å². The second-order valence-corrected chi connectivity index (χ2v) is 7.85. The minimum Gasteiger partial charge on any atom is -0.494 e. The van der Waals surface area contributed by atoms with E-state index in [4.69, 9.17) is 19.3 Å². The molecule has 0 atom stereocenters. The van der Waals surface area contributed by atoms with E-state index in [0.29, 0.717) is 40.8 Å². The maximum Gasteiger partial charge on any atom is 0.181 e. The fourth-order valence-electron chi connectivity index (χ4n) is 3.89. The lowest BCUT2D eigenvalue weighted by Crippen LogP contribution is -2.12. The van der Waals surface area contributed by atoms with E-state index in [-0.39, 0.29) is 43.3 Å². The molecule has 2 heterocycles. The molecule has 0 radical (unpaired) electrons. The molecule has 3 aromatic rings. The Balaban J connectivity index is 1.48. The van der Waals surface area contributed by atoms with Crippen LogP contribution in [0.25, 0.3) is 0 Å². The van der Waals surface area contributed by atoms with Crippen molar-refractivity contribution in [2.75, 3.05) is 27.4 Å². The number of aromatic nitrogens is 1. The molecule has 4 rings (SSSR count). The number of carbonyl (C=O) groups is 2. The number of ketones is 2. The molecule has 2 aromatic carbocycles. The number of hydrogen-bond donors (Lipinski definition) is 1. The molecule has 1 aromatic heterocycles. The second kappa shape index (κ2) is 10.9. The summed E-state index contributed by atoms with van der Waals surface area (Å²) in [5.74, 6) is 0.899. The van der Waals surface area contributed by atoms with Crippen LogP contribution in [0.4, 0.5) is 0 Å². The van der Waals surface area contributed by atoms with Gasteiger partial charge in [-0.05, 0) is 35.9 Å². The fourth-order valence-corrected chi connectivity index (χ4v) is 3.89. The van der Waals surface area contributed by atoms with Crippen LogP contribution in [-0.2, 0) is 6.54 Å². The van der Waals surface area contributed by atoms with Gasteiger partial charge in [0.05, 0.1) is 33.1 Å². The van der Waals surface area contributed by atoms with Gasteiger partial charge in [-0.3, -0.25) is 14.6 Å². The smallest absolute Gasteiger partial charge is 0.181 e. The highest BCUT2D eigenvalue weighted by molar-refractivity contribution is 6.16. The monoisotopic (exact) mass is 474 g/mol. The molecule has 1 N–H and O–H groups in total.